The topological polar surface area (TPSA) is 49.4 Å². The molecule has 0 unspecified atom stereocenters. The molecule has 0 spiro atoms. The van der Waals surface area contributed by atoms with Gasteiger partial charge < -0.3 is 10.2 Å². The lowest BCUT2D eigenvalue weighted by Crippen LogP contribution is -2.36. The maximum absolute atomic E-state index is 12.4. The van der Waals surface area contributed by atoms with Crippen LogP contribution in [0.25, 0.3) is 0 Å². The van der Waals surface area contributed by atoms with Crippen molar-refractivity contribution in [2.75, 3.05) is 6.54 Å². The van der Waals surface area contributed by atoms with E-state index in [2.05, 4.69) is 17.4 Å². The van der Waals surface area contributed by atoms with Crippen LogP contribution in [-0.2, 0) is 29.1 Å². The minimum atomic E-state index is -0.0775. The molecular weight excluding hydrogens is 336 g/mol. The smallest absolute Gasteiger partial charge is 0.223 e. The molecule has 1 aliphatic rings. The number of nitrogens with one attached hydrogen (secondary N) is 1. The summed E-state index contributed by atoms with van der Waals surface area (Å²) in [5.41, 5.74) is 4.80. The van der Waals surface area contributed by atoms with Crippen molar-refractivity contribution in [1.29, 1.82) is 0 Å². The van der Waals surface area contributed by atoms with Crippen LogP contribution >= 0.6 is 0 Å². The Bertz CT molecular complexity index is 753. The molecule has 2 amide bonds. The molecule has 0 aromatic heterocycles. The molecule has 0 bridgehead atoms. The van der Waals surface area contributed by atoms with Crippen molar-refractivity contribution in [3.05, 3.63) is 70.8 Å². The van der Waals surface area contributed by atoms with Gasteiger partial charge in [-0.2, -0.15) is 0 Å². The van der Waals surface area contributed by atoms with E-state index in [0.29, 0.717) is 13.1 Å². The Hall–Kier alpha value is -2.62. The van der Waals surface area contributed by atoms with E-state index >= 15 is 0 Å². The summed E-state index contributed by atoms with van der Waals surface area (Å²) in [7, 11) is 0. The molecule has 0 atom stereocenters. The molecule has 4 heteroatoms. The van der Waals surface area contributed by atoms with Gasteiger partial charge in [-0.05, 0) is 30.0 Å². The van der Waals surface area contributed by atoms with Gasteiger partial charge in [-0.25, -0.2) is 0 Å². The van der Waals surface area contributed by atoms with Crippen LogP contribution in [0.5, 0.6) is 0 Å². The molecule has 27 heavy (non-hydrogen) atoms. The van der Waals surface area contributed by atoms with Crippen molar-refractivity contribution in [3.8, 4) is 0 Å². The molecule has 1 N–H and O–H groups in total. The van der Waals surface area contributed by atoms with Gasteiger partial charge in [0.15, 0.2) is 0 Å². The van der Waals surface area contributed by atoms with Crippen LogP contribution < -0.4 is 5.32 Å². The number of rotatable bonds is 5. The largest absolute Gasteiger partial charge is 0.352 e. The maximum Gasteiger partial charge on any atom is 0.223 e. The van der Waals surface area contributed by atoms with Crippen LogP contribution in [-0.4, -0.2) is 23.3 Å². The Morgan fingerprint density at radius 1 is 0.963 bits per heavy atom. The van der Waals surface area contributed by atoms with Gasteiger partial charge >= 0.3 is 0 Å². The zero-order valence-corrected chi connectivity index (χ0v) is 16.6. The van der Waals surface area contributed by atoms with E-state index in [1.807, 2.05) is 62.1 Å². The summed E-state index contributed by atoms with van der Waals surface area (Å²) < 4.78 is 0. The normalized spacial score (nSPS) is 12.5. The van der Waals surface area contributed by atoms with Gasteiger partial charge in [-0.3, -0.25) is 9.59 Å². The summed E-state index contributed by atoms with van der Waals surface area (Å²) in [6.07, 6.45) is 1.40. The van der Waals surface area contributed by atoms with Crippen LogP contribution in [0.15, 0.2) is 48.5 Å². The molecule has 1 heterocycles. The highest BCUT2D eigenvalue weighted by Crippen LogP contribution is 2.19. The fourth-order valence-electron chi connectivity index (χ4n) is 3.08. The first-order chi connectivity index (χ1) is 13.1. The summed E-state index contributed by atoms with van der Waals surface area (Å²) in [6.45, 7) is 7.93. The second kappa shape index (κ2) is 10.5. The molecule has 2 aromatic carbocycles. The first-order valence-corrected chi connectivity index (χ1v) is 9.78. The van der Waals surface area contributed by atoms with E-state index in [-0.39, 0.29) is 24.7 Å². The third-order valence-corrected chi connectivity index (χ3v) is 4.66. The van der Waals surface area contributed by atoms with E-state index in [0.717, 1.165) is 18.5 Å². The third kappa shape index (κ3) is 6.24. The molecule has 0 radical (unpaired) electrons. The highest BCUT2D eigenvalue weighted by Gasteiger charge is 2.20. The van der Waals surface area contributed by atoms with Crippen LogP contribution in [0.2, 0.25) is 0 Å². The minimum absolute atomic E-state index is 0.0555. The SMILES string of the molecule is CC.Cc1ccc(CNC(=O)CCC(=O)N2CCc3ccccc3C2)cc1. The molecule has 0 saturated carbocycles. The summed E-state index contributed by atoms with van der Waals surface area (Å²) >= 11 is 0. The van der Waals surface area contributed by atoms with E-state index in [1.165, 1.54) is 16.7 Å². The standard InChI is InChI=1S/C21H24N2O2.C2H6/c1-16-6-8-17(9-7-16)14-22-20(24)10-11-21(25)23-13-12-18-4-2-3-5-19(18)15-23;1-2/h2-9H,10-15H2,1H3,(H,22,24);1-2H3. The third-order valence-electron chi connectivity index (χ3n) is 4.66. The Balaban J connectivity index is 0.00000126. The highest BCUT2D eigenvalue weighted by molar-refractivity contribution is 5.83. The Morgan fingerprint density at radius 2 is 1.63 bits per heavy atom. The molecule has 0 fully saturated rings. The maximum atomic E-state index is 12.4. The van der Waals surface area contributed by atoms with Crippen molar-refractivity contribution in [3.63, 3.8) is 0 Å². The highest BCUT2D eigenvalue weighted by atomic mass is 16.2. The van der Waals surface area contributed by atoms with Gasteiger partial charge in [-0.1, -0.05) is 67.9 Å². The predicted octanol–water partition coefficient (Wildman–Crippen LogP) is 4.00. The second-order valence-corrected chi connectivity index (χ2v) is 6.60. The zero-order chi connectivity index (χ0) is 19.6. The Labute approximate surface area is 162 Å². The number of hydrogen-bond donors (Lipinski definition) is 1. The lowest BCUT2D eigenvalue weighted by Gasteiger charge is -2.28. The summed E-state index contributed by atoms with van der Waals surface area (Å²) in [5.74, 6) is -0.0219. The van der Waals surface area contributed by atoms with Crippen LogP contribution in [0.1, 0.15) is 48.9 Å². The monoisotopic (exact) mass is 366 g/mol. The van der Waals surface area contributed by atoms with Crippen molar-refractivity contribution in [2.24, 2.45) is 0 Å². The molecule has 0 aliphatic carbocycles. The molecule has 0 saturated heterocycles. The number of carbonyl (C=O) groups excluding carboxylic acids is 2. The Kier molecular flexibility index (Phi) is 8.05. The Morgan fingerprint density at radius 3 is 2.33 bits per heavy atom. The second-order valence-electron chi connectivity index (χ2n) is 6.60. The molecule has 2 aromatic rings. The molecule has 1 aliphatic heterocycles. The van der Waals surface area contributed by atoms with Gasteiger partial charge in [0, 0.05) is 32.5 Å². The van der Waals surface area contributed by atoms with Crippen molar-refractivity contribution >= 4 is 11.8 Å². The molecule has 3 rings (SSSR count). The average Bonchev–Trinajstić information content (AvgIpc) is 2.72. The van der Waals surface area contributed by atoms with Crippen molar-refractivity contribution in [1.82, 2.24) is 10.2 Å². The molecular formula is C23H30N2O2. The number of nitrogens with zero attached hydrogens (tertiary/aromatic N) is 1. The van der Waals surface area contributed by atoms with Crippen LogP contribution in [0.3, 0.4) is 0 Å². The van der Waals surface area contributed by atoms with E-state index in [4.69, 9.17) is 0 Å². The van der Waals surface area contributed by atoms with E-state index in [1.54, 1.807) is 0 Å². The average molecular weight is 367 g/mol. The number of benzene rings is 2. The number of carbonyl (C=O) groups is 2. The lowest BCUT2D eigenvalue weighted by molar-refractivity contribution is -0.134. The number of amides is 2. The van der Waals surface area contributed by atoms with Crippen LogP contribution in [0.4, 0.5) is 0 Å². The fraction of sp³-hybridized carbons (Fsp3) is 0.391. The zero-order valence-electron chi connectivity index (χ0n) is 16.6. The predicted molar refractivity (Wildman–Crippen MR) is 109 cm³/mol. The van der Waals surface area contributed by atoms with E-state index in [9.17, 15) is 9.59 Å². The molecule has 4 nitrogen and oxygen atoms in total. The van der Waals surface area contributed by atoms with Gasteiger partial charge in [0.05, 0.1) is 0 Å². The van der Waals surface area contributed by atoms with Crippen molar-refractivity contribution in [2.45, 2.75) is 53.1 Å². The van der Waals surface area contributed by atoms with E-state index < -0.39 is 0 Å². The first-order valence-electron chi connectivity index (χ1n) is 9.78. The molecule has 144 valence electrons. The van der Waals surface area contributed by atoms with Gasteiger partial charge in [0.25, 0.3) is 0 Å². The number of aryl methyl sites for hydroxylation is 1. The summed E-state index contributed by atoms with van der Waals surface area (Å²) in [6, 6.07) is 16.3. The fourth-order valence-corrected chi connectivity index (χ4v) is 3.08. The van der Waals surface area contributed by atoms with Gasteiger partial charge in [-0.15, -0.1) is 0 Å². The number of hydrogen-bond acceptors (Lipinski definition) is 2. The first kappa shape index (κ1) is 20.7. The quantitative estimate of drug-likeness (QED) is 0.869. The van der Waals surface area contributed by atoms with Gasteiger partial charge in [0.1, 0.15) is 0 Å². The van der Waals surface area contributed by atoms with Crippen molar-refractivity contribution < 1.29 is 9.59 Å². The van der Waals surface area contributed by atoms with Crippen LogP contribution in [0, 0.1) is 6.92 Å². The summed E-state index contributed by atoms with van der Waals surface area (Å²) in [4.78, 5) is 26.2. The number of fused-ring (bicyclic) bond motifs is 1. The minimum Gasteiger partial charge on any atom is -0.352 e. The van der Waals surface area contributed by atoms with Gasteiger partial charge in [0.2, 0.25) is 11.8 Å². The summed E-state index contributed by atoms with van der Waals surface area (Å²) in [5, 5.41) is 2.88. The lowest BCUT2D eigenvalue weighted by atomic mass is 9.99.